The largest absolute Gasteiger partial charge is 0.444 e. The first-order chi connectivity index (χ1) is 13.3. The maximum atomic E-state index is 12.6. The number of halogens is 1. The van der Waals surface area contributed by atoms with Crippen LogP contribution in [-0.4, -0.2) is 40.7 Å². The lowest BCUT2D eigenvalue weighted by Gasteiger charge is -2.26. The zero-order valence-electron chi connectivity index (χ0n) is 17.6. The standard InChI is InChI=1S/C20H30IN3O5/c1-11(2)16(24-19(28)29-20(4,5)6)18(27)22-12(3)17(26)23-14-8-7-13(10-25)15(21)9-14/h7-9,11-12,16,25H,10H2,1-6H3,(H,22,27)(H,23,26)(H,24,28)/t12-,16-/m0/s1. The van der Waals surface area contributed by atoms with Gasteiger partial charge >= 0.3 is 6.09 Å². The number of aliphatic hydroxyl groups is 1. The third-order valence-electron chi connectivity index (χ3n) is 3.86. The van der Waals surface area contributed by atoms with Crippen LogP contribution in [0.15, 0.2) is 18.2 Å². The van der Waals surface area contributed by atoms with Crippen molar-refractivity contribution in [3.05, 3.63) is 27.3 Å². The minimum Gasteiger partial charge on any atom is -0.444 e. The molecule has 0 aliphatic rings. The molecule has 162 valence electrons. The highest BCUT2D eigenvalue weighted by Crippen LogP contribution is 2.18. The fourth-order valence-corrected chi connectivity index (χ4v) is 3.03. The Kier molecular flexibility index (Phi) is 9.34. The first-order valence-electron chi connectivity index (χ1n) is 9.34. The molecule has 0 aromatic heterocycles. The molecular weight excluding hydrogens is 489 g/mol. The Bertz CT molecular complexity index is 746. The molecule has 0 aliphatic carbocycles. The number of ether oxygens (including phenoxy) is 1. The summed E-state index contributed by atoms with van der Waals surface area (Å²) in [6, 6.07) is 3.48. The van der Waals surface area contributed by atoms with Crippen LogP contribution in [0.3, 0.4) is 0 Å². The SMILES string of the molecule is CC(C)[C@H](NC(=O)OC(C)(C)C)C(=O)N[C@@H](C)C(=O)Nc1ccc(CO)c(I)c1. The molecule has 2 atom stereocenters. The van der Waals surface area contributed by atoms with Crippen LogP contribution in [0.2, 0.25) is 0 Å². The number of rotatable bonds is 7. The van der Waals surface area contributed by atoms with E-state index in [0.717, 1.165) is 9.13 Å². The third kappa shape index (κ3) is 8.57. The summed E-state index contributed by atoms with van der Waals surface area (Å²) in [6.07, 6.45) is -0.693. The second-order valence-electron chi connectivity index (χ2n) is 8.05. The van der Waals surface area contributed by atoms with Crippen LogP contribution in [0.1, 0.15) is 47.1 Å². The number of alkyl carbamates (subject to hydrolysis) is 1. The van der Waals surface area contributed by atoms with Crippen molar-refractivity contribution in [3.8, 4) is 0 Å². The smallest absolute Gasteiger partial charge is 0.408 e. The summed E-state index contributed by atoms with van der Waals surface area (Å²) in [7, 11) is 0. The van der Waals surface area contributed by atoms with Crippen molar-refractivity contribution in [1.82, 2.24) is 10.6 Å². The quantitative estimate of drug-likeness (QED) is 0.414. The molecule has 0 saturated carbocycles. The fraction of sp³-hybridized carbons (Fsp3) is 0.550. The molecule has 0 fully saturated rings. The number of nitrogens with one attached hydrogen (secondary N) is 3. The number of carbonyl (C=O) groups excluding carboxylic acids is 3. The molecule has 29 heavy (non-hydrogen) atoms. The molecule has 0 radical (unpaired) electrons. The lowest BCUT2D eigenvalue weighted by Crippen LogP contribution is -2.54. The lowest BCUT2D eigenvalue weighted by atomic mass is 10.0. The molecule has 0 bridgehead atoms. The van der Waals surface area contributed by atoms with Gasteiger partial charge in [-0.25, -0.2) is 4.79 Å². The molecule has 8 nitrogen and oxygen atoms in total. The van der Waals surface area contributed by atoms with E-state index in [1.165, 1.54) is 0 Å². The molecule has 1 rings (SSSR count). The van der Waals surface area contributed by atoms with E-state index in [-0.39, 0.29) is 12.5 Å². The number of benzene rings is 1. The van der Waals surface area contributed by atoms with Gasteiger partial charge in [0.2, 0.25) is 11.8 Å². The molecule has 1 aromatic rings. The number of aliphatic hydroxyl groups excluding tert-OH is 1. The van der Waals surface area contributed by atoms with Crippen LogP contribution < -0.4 is 16.0 Å². The number of anilines is 1. The van der Waals surface area contributed by atoms with Crippen molar-refractivity contribution in [3.63, 3.8) is 0 Å². The van der Waals surface area contributed by atoms with Gasteiger partial charge < -0.3 is 25.8 Å². The van der Waals surface area contributed by atoms with E-state index in [9.17, 15) is 19.5 Å². The number of hydrogen-bond acceptors (Lipinski definition) is 5. The Hall–Kier alpha value is -1.88. The lowest BCUT2D eigenvalue weighted by molar-refractivity contribution is -0.128. The van der Waals surface area contributed by atoms with E-state index in [4.69, 9.17) is 4.74 Å². The zero-order valence-corrected chi connectivity index (χ0v) is 19.8. The van der Waals surface area contributed by atoms with E-state index in [2.05, 4.69) is 38.5 Å². The molecule has 0 unspecified atom stereocenters. The number of carbonyl (C=O) groups is 3. The molecule has 4 N–H and O–H groups in total. The molecule has 0 aliphatic heterocycles. The van der Waals surface area contributed by atoms with Crippen LogP contribution in [-0.2, 0) is 20.9 Å². The van der Waals surface area contributed by atoms with E-state index in [0.29, 0.717) is 5.69 Å². The van der Waals surface area contributed by atoms with Gasteiger partial charge in [0.25, 0.3) is 0 Å². The molecule has 3 amide bonds. The molecular formula is C20H30IN3O5. The fourth-order valence-electron chi connectivity index (χ4n) is 2.34. The maximum absolute atomic E-state index is 12.6. The average Bonchev–Trinajstić information content (AvgIpc) is 2.57. The number of amides is 3. The minimum atomic E-state index is -0.843. The second kappa shape index (κ2) is 10.8. The Morgan fingerprint density at radius 1 is 1.10 bits per heavy atom. The van der Waals surface area contributed by atoms with Gasteiger partial charge in [0.15, 0.2) is 0 Å². The highest BCUT2D eigenvalue weighted by atomic mass is 127. The van der Waals surface area contributed by atoms with Gasteiger partial charge in [0.1, 0.15) is 17.7 Å². The first kappa shape index (κ1) is 25.2. The Morgan fingerprint density at radius 2 is 1.72 bits per heavy atom. The summed E-state index contributed by atoms with van der Waals surface area (Å²) < 4.78 is 6.02. The minimum absolute atomic E-state index is 0.0831. The maximum Gasteiger partial charge on any atom is 0.408 e. The summed E-state index contributed by atoms with van der Waals surface area (Å²) in [5.74, 6) is -1.07. The van der Waals surface area contributed by atoms with Crippen LogP contribution in [0.25, 0.3) is 0 Å². The topological polar surface area (TPSA) is 117 Å². The van der Waals surface area contributed by atoms with E-state index < -0.39 is 35.6 Å². The predicted octanol–water partition coefficient (Wildman–Crippen LogP) is 2.78. The van der Waals surface area contributed by atoms with Crippen molar-refractivity contribution in [2.24, 2.45) is 5.92 Å². The third-order valence-corrected chi connectivity index (χ3v) is 4.87. The zero-order chi connectivity index (χ0) is 22.4. The molecule has 0 spiro atoms. The van der Waals surface area contributed by atoms with Crippen LogP contribution in [0, 0.1) is 9.49 Å². The summed E-state index contributed by atoms with van der Waals surface area (Å²) in [5.41, 5.74) is 0.640. The molecule has 0 heterocycles. The van der Waals surface area contributed by atoms with E-state index in [1.807, 2.05) is 0 Å². The van der Waals surface area contributed by atoms with Gasteiger partial charge in [-0.2, -0.15) is 0 Å². The van der Waals surface area contributed by atoms with Crippen molar-refractivity contribution in [2.45, 2.75) is 65.8 Å². The average molecular weight is 519 g/mol. The van der Waals surface area contributed by atoms with Crippen molar-refractivity contribution >= 4 is 46.2 Å². The molecule has 0 saturated heterocycles. The highest BCUT2D eigenvalue weighted by molar-refractivity contribution is 14.1. The van der Waals surface area contributed by atoms with Crippen LogP contribution >= 0.6 is 22.6 Å². The highest BCUT2D eigenvalue weighted by Gasteiger charge is 2.29. The van der Waals surface area contributed by atoms with Gasteiger partial charge in [-0.1, -0.05) is 19.9 Å². The summed E-state index contributed by atoms with van der Waals surface area (Å²) in [4.78, 5) is 37.0. The summed E-state index contributed by atoms with van der Waals surface area (Å²) >= 11 is 2.07. The summed E-state index contributed by atoms with van der Waals surface area (Å²) in [6.45, 7) is 10.3. The number of hydrogen-bond donors (Lipinski definition) is 4. The Labute approximate surface area is 185 Å². The van der Waals surface area contributed by atoms with Crippen molar-refractivity contribution < 1.29 is 24.2 Å². The Balaban J connectivity index is 2.72. The first-order valence-corrected chi connectivity index (χ1v) is 10.4. The van der Waals surface area contributed by atoms with Crippen LogP contribution in [0.4, 0.5) is 10.5 Å². The molecule has 1 aromatic carbocycles. The van der Waals surface area contributed by atoms with Gasteiger partial charge in [-0.05, 0) is 73.9 Å². The second-order valence-corrected chi connectivity index (χ2v) is 9.21. The monoisotopic (exact) mass is 519 g/mol. The van der Waals surface area contributed by atoms with Gasteiger partial charge in [-0.3, -0.25) is 9.59 Å². The summed E-state index contributed by atoms with van der Waals surface area (Å²) in [5, 5.41) is 17.1. The van der Waals surface area contributed by atoms with E-state index >= 15 is 0 Å². The van der Waals surface area contributed by atoms with E-state index in [1.54, 1.807) is 59.7 Å². The molecule has 9 heteroatoms. The van der Waals surface area contributed by atoms with Crippen molar-refractivity contribution in [1.29, 1.82) is 0 Å². The van der Waals surface area contributed by atoms with Gasteiger partial charge in [0, 0.05) is 9.26 Å². The van der Waals surface area contributed by atoms with Gasteiger partial charge in [0.05, 0.1) is 6.61 Å². The van der Waals surface area contributed by atoms with Crippen LogP contribution in [0.5, 0.6) is 0 Å². The predicted molar refractivity (Wildman–Crippen MR) is 119 cm³/mol. The van der Waals surface area contributed by atoms with Gasteiger partial charge in [-0.15, -0.1) is 0 Å². The normalized spacial score (nSPS) is 13.4. The Morgan fingerprint density at radius 3 is 2.21 bits per heavy atom. The van der Waals surface area contributed by atoms with Crippen molar-refractivity contribution in [2.75, 3.05) is 5.32 Å².